The quantitative estimate of drug-likeness (QED) is 0.898. The molecule has 1 aliphatic rings. The maximum absolute atomic E-state index is 12.4. The number of aliphatic hydroxyl groups excluding tert-OH is 1. The fourth-order valence-corrected chi connectivity index (χ4v) is 2.97. The number of likely N-dealkylation sites (tertiary alicyclic amines) is 1. The van der Waals surface area contributed by atoms with Gasteiger partial charge in [-0.2, -0.15) is 0 Å². The van der Waals surface area contributed by atoms with E-state index in [9.17, 15) is 9.90 Å². The van der Waals surface area contributed by atoms with Gasteiger partial charge in [0, 0.05) is 30.6 Å². The Morgan fingerprint density at radius 2 is 2.19 bits per heavy atom. The zero-order valence-corrected chi connectivity index (χ0v) is 13.3. The van der Waals surface area contributed by atoms with Gasteiger partial charge in [0.15, 0.2) is 0 Å². The zero-order valence-electron chi connectivity index (χ0n) is 12.6. The molecule has 1 aromatic rings. The van der Waals surface area contributed by atoms with Crippen molar-refractivity contribution in [2.45, 2.75) is 26.3 Å². The summed E-state index contributed by atoms with van der Waals surface area (Å²) < 4.78 is 0. The highest BCUT2D eigenvalue weighted by Crippen LogP contribution is 2.28. The van der Waals surface area contributed by atoms with Crippen LogP contribution in [0, 0.1) is 11.8 Å². The molecule has 1 fully saturated rings. The number of nitrogens with zero attached hydrogens (tertiary/aromatic N) is 1. The van der Waals surface area contributed by atoms with E-state index in [-0.39, 0.29) is 30.5 Å². The highest BCUT2D eigenvalue weighted by molar-refractivity contribution is 6.31. The van der Waals surface area contributed by atoms with E-state index < -0.39 is 0 Å². The van der Waals surface area contributed by atoms with Crippen LogP contribution in [0.1, 0.15) is 31.9 Å². The monoisotopic (exact) mass is 310 g/mol. The first kappa shape index (κ1) is 16.1. The molecule has 21 heavy (non-hydrogen) atoms. The van der Waals surface area contributed by atoms with Crippen LogP contribution in [-0.2, 0) is 0 Å². The minimum atomic E-state index is -0.112. The van der Waals surface area contributed by atoms with Gasteiger partial charge < -0.3 is 15.3 Å². The van der Waals surface area contributed by atoms with E-state index in [0.717, 1.165) is 12.0 Å². The normalized spacial score (nSPS) is 19.9. The van der Waals surface area contributed by atoms with Gasteiger partial charge in [-0.05, 0) is 24.0 Å². The van der Waals surface area contributed by atoms with Crippen molar-refractivity contribution in [1.29, 1.82) is 0 Å². The topological polar surface area (TPSA) is 52.6 Å². The average Bonchev–Trinajstić information content (AvgIpc) is 2.94. The predicted molar refractivity (Wildman–Crippen MR) is 84.3 cm³/mol. The van der Waals surface area contributed by atoms with Crippen molar-refractivity contribution in [2.75, 3.05) is 19.7 Å². The van der Waals surface area contributed by atoms with Gasteiger partial charge in [0.25, 0.3) is 0 Å². The highest BCUT2D eigenvalue weighted by Gasteiger charge is 2.28. The Hall–Kier alpha value is -1.26. The third-order valence-corrected chi connectivity index (χ3v) is 4.36. The Morgan fingerprint density at radius 1 is 1.48 bits per heavy atom. The van der Waals surface area contributed by atoms with E-state index in [2.05, 4.69) is 19.2 Å². The van der Waals surface area contributed by atoms with Crippen LogP contribution in [0.5, 0.6) is 0 Å². The molecule has 1 heterocycles. The Bertz CT molecular complexity index is 493. The van der Waals surface area contributed by atoms with E-state index >= 15 is 0 Å². The molecule has 0 aliphatic carbocycles. The lowest BCUT2D eigenvalue weighted by molar-refractivity contribution is 0.192. The molecule has 1 saturated heterocycles. The first-order valence-electron chi connectivity index (χ1n) is 7.43. The smallest absolute Gasteiger partial charge is 0.317 e. The molecule has 2 rings (SSSR count). The number of amides is 2. The molecule has 0 aromatic heterocycles. The maximum atomic E-state index is 12.4. The predicted octanol–water partition coefficient (Wildman–Crippen LogP) is 3.06. The summed E-state index contributed by atoms with van der Waals surface area (Å²) in [5.41, 5.74) is 0.945. The van der Waals surface area contributed by atoms with Crippen LogP contribution in [0.3, 0.4) is 0 Å². The van der Waals surface area contributed by atoms with Crippen molar-refractivity contribution in [3.8, 4) is 0 Å². The van der Waals surface area contributed by atoms with E-state index in [1.165, 1.54) is 0 Å². The number of aliphatic hydroxyl groups is 1. The van der Waals surface area contributed by atoms with Crippen molar-refractivity contribution < 1.29 is 9.90 Å². The SMILES string of the molecule is CC(C)C(NC(=O)N1CCC(CO)C1)c1ccccc1Cl. The lowest BCUT2D eigenvalue weighted by Crippen LogP contribution is -2.42. The molecule has 0 spiro atoms. The molecule has 2 N–H and O–H groups in total. The van der Waals surface area contributed by atoms with Crippen LogP contribution in [0.2, 0.25) is 5.02 Å². The summed E-state index contributed by atoms with van der Waals surface area (Å²) in [7, 11) is 0. The number of nitrogens with one attached hydrogen (secondary N) is 1. The fraction of sp³-hybridized carbons (Fsp3) is 0.562. The van der Waals surface area contributed by atoms with Gasteiger partial charge in [0.05, 0.1) is 6.04 Å². The molecular formula is C16H23ClN2O2. The number of carbonyl (C=O) groups is 1. The molecule has 116 valence electrons. The van der Waals surface area contributed by atoms with E-state index in [0.29, 0.717) is 18.1 Å². The second kappa shape index (κ2) is 7.14. The van der Waals surface area contributed by atoms with E-state index in [1.54, 1.807) is 4.90 Å². The average molecular weight is 311 g/mol. The summed E-state index contributed by atoms with van der Waals surface area (Å²) in [5, 5.41) is 12.9. The Kier molecular flexibility index (Phi) is 5.48. The minimum absolute atomic E-state index is 0.0791. The standard InChI is InChI=1S/C16H23ClN2O2/c1-11(2)15(13-5-3-4-6-14(13)17)18-16(21)19-8-7-12(9-19)10-20/h3-6,11-12,15,20H,7-10H2,1-2H3,(H,18,21). The van der Waals surface area contributed by atoms with Crippen LogP contribution >= 0.6 is 11.6 Å². The van der Waals surface area contributed by atoms with Gasteiger partial charge in [-0.15, -0.1) is 0 Å². The minimum Gasteiger partial charge on any atom is -0.396 e. The second-order valence-corrected chi connectivity index (χ2v) is 6.38. The molecule has 0 saturated carbocycles. The molecule has 0 radical (unpaired) electrons. The van der Waals surface area contributed by atoms with Gasteiger partial charge in [0.1, 0.15) is 0 Å². The number of hydrogen-bond donors (Lipinski definition) is 2. The van der Waals surface area contributed by atoms with Gasteiger partial charge in [0.2, 0.25) is 0 Å². The maximum Gasteiger partial charge on any atom is 0.317 e. The molecule has 2 atom stereocenters. The van der Waals surface area contributed by atoms with Crippen LogP contribution in [0.15, 0.2) is 24.3 Å². The van der Waals surface area contributed by atoms with Crippen molar-refractivity contribution in [2.24, 2.45) is 11.8 Å². The van der Waals surface area contributed by atoms with Crippen molar-refractivity contribution >= 4 is 17.6 Å². The Labute approximate surface area is 131 Å². The van der Waals surface area contributed by atoms with Crippen molar-refractivity contribution in [1.82, 2.24) is 10.2 Å². The number of carbonyl (C=O) groups excluding carboxylic acids is 1. The van der Waals surface area contributed by atoms with Crippen molar-refractivity contribution in [3.63, 3.8) is 0 Å². The number of rotatable bonds is 4. The van der Waals surface area contributed by atoms with Gasteiger partial charge in [-0.25, -0.2) is 4.79 Å². The van der Waals surface area contributed by atoms with E-state index in [4.69, 9.17) is 11.6 Å². The fourth-order valence-electron chi connectivity index (χ4n) is 2.72. The summed E-state index contributed by atoms with van der Waals surface area (Å²) in [4.78, 5) is 14.2. The van der Waals surface area contributed by atoms with Crippen molar-refractivity contribution in [3.05, 3.63) is 34.9 Å². The highest BCUT2D eigenvalue weighted by atomic mass is 35.5. The molecule has 4 nitrogen and oxygen atoms in total. The lowest BCUT2D eigenvalue weighted by atomic mass is 9.96. The number of halogens is 1. The molecule has 0 bridgehead atoms. The summed E-state index contributed by atoms with van der Waals surface area (Å²) in [6.45, 7) is 5.59. The lowest BCUT2D eigenvalue weighted by Gasteiger charge is -2.27. The first-order valence-corrected chi connectivity index (χ1v) is 7.81. The number of benzene rings is 1. The Morgan fingerprint density at radius 3 is 2.76 bits per heavy atom. The largest absolute Gasteiger partial charge is 0.396 e. The third kappa shape index (κ3) is 3.89. The number of hydrogen-bond acceptors (Lipinski definition) is 2. The number of urea groups is 1. The van der Waals surface area contributed by atoms with Gasteiger partial charge in [-0.3, -0.25) is 0 Å². The van der Waals surface area contributed by atoms with E-state index in [1.807, 2.05) is 24.3 Å². The van der Waals surface area contributed by atoms with Gasteiger partial charge in [-0.1, -0.05) is 43.6 Å². The molecule has 5 heteroatoms. The summed E-state index contributed by atoms with van der Waals surface area (Å²) in [6, 6.07) is 7.42. The molecule has 1 aromatic carbocycles. The Balaban J connectivity index is 2.07. The second-order valence-electron chi connectivity index (χ2n) is 5.98. The first-order chi connectivity index (χ1) is 10.0. The van der Waals surface area contributed by atoms with Crippen LogP contribution in [0.4, 0.5) is 4.79 Å². The summed E-state index contributed by atoms with van der Waals surface area (Å²) in [5.74, 6) is 0.443. The molecule has 2 unspecified atom stereocenters. The van der Waals surface area contributed by atoms with Crippen LogP contribution in [-0.4, -0.2) is 35.7 Å². The summed E-state index contributed by atoms with van der Waals surface area (Å²) >= 11 is 6.25. The zero-order chi connectivity index (χ0) is 15.4. The molecular weight excluding hydrogens is 288 g/mol. The molecule has 1 aliphatic heterocycles. The van der Waals surface area contributed by atoms with Crippen LogP contribution < -0.4 is 5.32 Å². The van der Waals surface area contributed by atoms with Crippen LogP contribution in [0.25, 0.3) is 0 Å². The third-order valence-electron chi connectivity index (χ3n) is 4.02. The molecule has 2 amide bonds. The summed E-state index contributed by atoms with van der Waals surface area (Å²) in [6.07, 6.45) is 0.863. The van der Waals surface area contributed by atoms with Gasteiger partial charge >= 0.3 is 6.03 Å².